The first-order valence-corrected chi connectivity index (χ1v) is 17.2. The van der Waals surface area contributed by atoms with Gasteiger partial charge in [-0.05, 0) is 73.3 Å². The summed E-state index contributed by atoms with van der Waals surface area (Å²) in [4.78, 5) is 47.8. The summed E-state index contributed by atoms with van der Waals surface area (Å²) in [7, 11) is 0. The third kappa shape index (κ3) is 5.42. The van der Waals surface area contributed by atoms with Gasteiger partial charge in [0, 0.05) is 41.5 Å². The van der Waals surface area contributed by atoms with E-state index in [0.717, 1.165) is 12.8 Å². The summed E-state index contributed by atoms with van der Waals surface area (Å²) >= 11 is 12.6. The molecule has 2 aromatic rings. The Morgan fingerprint density at radius 1 is 1.09 bits per heavy atom. The van der Waals surface area contributed by atoms with E-state index < -0.39 is 34.8 Å². The summed E-state index contributed by atoms with van der Waals surface area (Å²) < 4.78 is 27.5. The molecule has 4 fully saturated rings. The van der Waals surface area contributed by atoms with Gasteiger partial charge in [0.05, 0.1) is 31.9 Å². The van der Waals surface area contributed by atoms with E-state index in [9.17, 15) is 14.4 Å². The van der Waals surface area contributed by atoms with E-state index in [0.29, 0.717) is 68.3 Å². The molecule has 1 unspecified atom stereocenters. The highest BCUT2D eigenvalue weighted by atomic mass is 35.5. The van der Waals surface area contributed by atoms with E-state index in [1.54, 1.807) is 17.0 Å². The molecule has 5 atom stereocenters. The molecule has 13 heteroatoms. The number of hydrogen-bond donors (Lipinski definition) is 3. The lowest BCUT2D eigenvalue weighted by atomic mass is 9.53. The minimum absolute atomic E-state index is 0.0295. The Kier molecular flexibility index (Phi) is 8.52. The molecule has 1 saturated carbocycles. The van der Waals surface area contributed by atoms with Gasteiger partial charge in [0.2, 0.25) is 11.8 Å². The van der Waals surface area contributed by atoms with E-state index in [1.165, 1.54) is 12.3 Å². The van der Waals surface area contributed by atoms with Crippen molar-refractivity contribution in [1.82, 2.24) is 20.5 Å². The molecule has 3 amide bonds. The van der Waals surface area contributed by atoms with E-state index >= 15 is 4.39 Å². The first kappa shape index (κ1) is 32.7. The summed E-state index contributed by atoms with van der Waals surface area (Å²) in [5, 5.41) is 9.98. The normalized spacial score (nSPS) is 31.1. The molecule has 10 nitrogen and oxygen atoms in total. The van der Waals surface area contributed by atoms with Crippen LogP contribution in [0.2, 0.25) is 10.2 Å². The predicted octanol–water partition coefficient (Wildman–Crippen LogP) is 4.33. The van der Waals surface area contributed by atoms with Gasteiger partial charge in [-0.2, -0.15) is 0 Å². The molecule has 0 radical (unpaired) electrons. The number of fused-ring (bicyclic) bond motifs is 3. The van der Waals surface area contributed by atoms with Crippen LogP contribution in [0.25, 0.3) is 0 Å². The van der Waals surface area contributed by atoms with Crippen LogP contribution in [-0.2, 0) is 29.3 Å². The van der Waals surface area contributed by atoms with Crippen LogP contribution in [0.1, 0.15) is 69.4 Å². The molecule has 5 heterocycles. The maximum atomic E-state index is 16.1. The molecule has 3 N–H and O–H groups in total. The second-order valence-corrected chi connectivity index (χ2v) is 15.1. The summed E-state index contributed by atoms with van der Waals surface area (Å²) in [5.41, 5.74) is -0.821. The fraction of sp³-hybridized carbons (Fsp3) is 0.588. The SMILES string of the molecule is CC1(C)CCC2(CC1)N[C@@H](C(=O)N[C@@H]1CC[C@@H](C(=O)N3CCOCC3)OC1)[C@H](c1ccnc(Cl)c1F)C21C(=O)Nc2cc(Cl)ccc21. The van der Waals surface area contributed by atoms with Crippen LogP contribution in [0.15, 0.2) is 30.5 Å². The third-order valence-electron chi connectivity index (χ3n) is 11.2. The quantitative estimate of drug-likeness (QED) is 0.409. The van der Waals surface area contributed by atoms with Crippen molar-refractivity contribution in [3.05, 3.63) is 57.6 Å². The van der Waals surface area contributed by atoms with Crippen LogP contribution in [0.4, 0.5) is 10.1 Å². The second kappa shape index (κ2) is 12.2. The van der Waals surface area contributed by atoms with Crippen LogP contribution >= 0.6 is 23.2 Å². The monoisotopic (exact) mass is 687 g/mol. The fourth-order valence-corrected chi connectivity index (χ4v) is 9.00. The summed E-state index contributed by atoms with van der Waals surface area (Å²) in [6.07, 6.45) is 4.61. The molecule has 2 spiro atoms. The van der Waals surface area contributed by atoms with Gasteiger partial charge in [0.25, 0.3) is 5.91 Å². The highest BCUT2D eigenvalue weighted by molar-refractivity contribution is 6.31. The number of aromatic nitrogens is 1. The summed E-state index contributed by atoms with van der Waals surface area (Å²) in [6, 6.07) is 5.42. The maximum absolute atomic E-state index is 16.1. The summed E-state index contributed by atoms with van der Waals surface area (Å²) in [6.45, 7) is 6.64. The maximum Gasteiger partial charge on any atom is 0.251 e. The molecule has 1 aliphatic carbocycles. The lowest BCUT2D eigenvalue weighted by molar-refractivity contribution is -0.151. The molecule has 1 aromatic heterocycles. The molecule has 3 saturated heterocycles. The number of anilines is 1. The van der Waals surface area contributed by atoms with Crippen molar-refractivity contribution in [1.29, 1.82) is 0 Å². The van der Waals surface area contributed by atoms with Crippen LogP contribution in [0, 0.1) is 11.2 Å². The molecule has 7 rings (SSSR count). The minimum Gasteiger partial charge on any atom is -0.378 e. The third-order valence-corrected chi connectivity index (χ3v) is 11.7. The van der Waals surface area contributed by atoms with Crippen molar-refractivity contribution < 1.29 is 28.2 Å². The van der Waals surface area contributed by atoms with Gasteiger partial charge < -0.3 is 25.0 Å². The van der Waals surface area contributed by atoms with Gasteiger partial charge in [-0.1, -0.05) is 43.1 Å². The minimum atomic E-state index is -1.35. The van der Waals surface area contributed by atoms with Gasteiger partial charge in [-0.3, -0.25) is 19.7 Å². The average Bonchev–Trinajstić information content (AvgIpc) is 3.52. The smallest absolute Gasteiger partial charge is 0.251 e. The van der Waals surface area contributed by atoms with Gasteiger partial charge in [0.1, 0.15) is 11.5 Å². The topological polar surface area (TPSA) is 122 Å². The van der Waals surface area contributed by atoms with E-state index in [-0.39, 0.29) is 46.5 Å². The first-order chi connectivity index (χ1) is 22.5. The number of nitrogens with zero attached hydrogens (tertiary/aromatic N) is 2. The van der Waals surface area contributed by atoms with Gasteiger partial charge in [-0.15, -0.1) is 0 Å². The highest BCUT2D eigenvalue weighted by Crippen LogP contribution is 2.64. The number of benzene rings is 1. The number of morpholine rings is 1. The molecule has 47 heavy (non-hydrogen) atoms. The number of nitrogens with one attached hydrogen (secondary N) is 3. The highest BCUT2D eigenvalue weighted by Gasteiger charge is 2.73. The predicted molar refractivity (Wildman–Crippen MR) is 174 cm³/mol. The summed E-state index contributed by atoms with van der Waals surface area (Å²) in [5.74, 6) is -2.46. The first-order valence-electron chi connectivity index (χ1n) is 16.4. The van der Waals surface area contributed by atoms with Crippen molar-refractivity contribution in [3.8, 4) is 0 Å². The molecule has 0 bridgehead atoms. The lowest BCUT2D eigenvalue weighted by Crippen LogP contribution is -2.61. The fourth-order valence-electron chi connectivity index (χ4n) is 8.67. The van der Waals surface area contributed by atoms with Crippen LogP contribution in [0.5, 0.6) is 0 Å². The van der Waals surface area contributed by atoms with Crippen molar-refractivity contribution in [2.45, 2.75) is 87.4 Å². The van der Waals surface area contributed by atoms with Crippen molar-refractivity contribution in [3.63, 3.8) is 0 Å². The van der Waals surface area contributed by atoms with Crippen LogP contribution < -0.4 is 16.0 Å². The van der Waals surface area contributed by atoms with Crippen molar-refractivity contribution in [2.75, 3.05) is 38.2 Å². The van der Waals surface area contributed by atoms with E-state index in [1.807, 2.05) is 6.07 Å². The Bertz CT molecular complexity index is 1580. The average molecular weight is 689 g/mol. The molecule has 252 valence electrons. The van der Waals surface area contributed by atoms with Gasteiger partial charge >= 0.3 is 0 Å². The molecular formula is C34H40Cl2FN5O5. The Morgan fingerprint density at radius 3 is 2.53 bits per heavy atom. The number of ether oxygens (including phenoxy) is 2. The molecule has 5 aliphatic rings. The zero-order chi connectivity index (χ0) is 33.1. The second-order valence-electron chi connectivity index (χ2n) is 14.3. The number of carbonyl (C=O) groups excluding carboxylic acids is 3. The number of halogens is 3. The zero-order valence-electron chi connectivity index (χ0n) is 26.5. The number of hydrogen-bond acceptors (Lipinski definition) is 7. The largest absolute Gasteiger partial charge is 0.378 e. The van der Waals surface area contributed by atoms with E-state index in [2.05, 4.69) is 34.8 Å². The zero-order valence-corrected chi connectivity index (χ0v) is 28.1. The lowest BCUT2D eigenvalue weighted by Gasteiger charge is -2.50. The number of rotatable bonds is 4. The Balaban J connectivity index is 1.24. The number of carbonyl (C=O) groups is 3. The van der Waals surface area contributed by atoms with Crippen LogP contribution in [0.3, 0.4) is 0 Å². The number of pyridine rings is 1. The van der Waals surface area contributed by atoms with Gasteiger partial charge in [0.15, 0.2) is 11.0 Å². The Morgan fingerprint density at radius 2 is 1.83 bits per heavy atom. The molecule has 4 aliphatic heterocycles. The number of amides is 3. The molecule has 1 aromatic carbocycles. The van der Waals surface area contributed by atoms with Gasteiger partial charge in [-0.25, -0.2) is 9.37 Å². The standard InChI is InChI=1S/C34H40Cl2FN5O5/c1-32(2)8-10-33(11-9-32)34(22-5-3-19(35)17-23(22)40-31(34)45)25(21-7-12-38-28(36)26(21)37)27(41-33)29(43)39-20-4-6-24(47-18-20)30(44)42-13-15-46-16-14-42/h3,5,7,12,17,20,24-25,27,41H,4,6,8-11,13-16,18H2,1-2H3,(H,39,43)(H,40,45)/t20-,24+,25+,27-,34?/m1/s1. The van der Waals surface area contributed by atoms with Crippen molar-refractivity contribution in [2.24, 2.45) is 5.41 Å². The molecular weight excluding hydrogens is 648 g/mol. The van der Waals surface area contributed by atoms with E-state index in [4.69, 9.17) is 32.7 Å². The van der Waals surface area contributed by atoms with Crippen molar-refractivity contribution >= 4 is 46.6 Å². The van der Waals surface area contributed by atoms with Crippen LogP contribution in [-0.4, -0.2) is 84.2 Å². The Labute approximate surface area is 283 Å². The Hall–Kier alpha value is -2.83.